The van der Waals surface area contributed by atoms with Crippen LogP contribution in [0.15, 0.2) is 59.5 Å². The van der Waals surface area contributed by atoms with Gasteiger partial charge in [0.15, 0.2) is 0 Å². The summed E-state index contributed by atoms with van der Waals surface area (Å²) in [7, 11) is -4.13. The minimum absolute atomic E-state index is 0.208. The summed E-state index contributed by atoms with van der Waals surface area (Å²) in [5.74, 6) is -1.03. The van der Waals surface area contributed by atoms with Crippen molar-refractivity contribution in [2.75, 3.05) is 11.3 Å². The van der Waals surface area contributed by atoms with Crippen LogP contribution in [0.4, 0.5) is 18.9 Å². The third kappa shape index (κ3) is 5.23. The van der Waals surface area contributed by atoms with Crippen LogP contribution < -0.4 is 10.0 Å². The maximum Gasteiger partial charge on any atom is 0.405 e. The maximum absolute atomic E-state index is 12.9. The van der Waals surface area contributed by atoms with Gasteiger partial charge in [-0.3, -0.25) is 9.52 Å². The van der Waals surface area contributed by atoms with E-state index in [2.05, 4.69) is 9.82 Å². The molecule has 7 nitrogen and oxygen atoms in total. The number of hydrogen-bond acceptors (Lipinski definition) is 4. The monoisotopic (exact) mass is 452 g/mol. The van der Waals surface area contributed by atoms with Crippen LogP contribution in [0.3, 0.4) is 0 Å². The summed E-state index contributed by atoms with van der Waals surface area (Å²) in [5, 5.41) is 6.08. The Morgan fingerprint density at radius 1 is 1.06 bits per heavy atom. The summed E-state index contributed by atoms with van der Waals surface area (Å²) < 4.78 is 66.8. The fourth-order valence-corrected chi connectivity index (χ4v) is 4.11. The molecule has 1 amide bonds. The topological polar surface area (TPSA) is 93.1 Å². The number of nitrogens with one attached hydrogen (secondary N) is 2. The first-order valence-electron chi connectivity index (χ1n) is 9.07. The third-order valence-electron chi connectivity index (χ3n) is 4.38. The van der Waals surface area contributed by atoms with Gasteiger partial charge in [-0.15, -0.1) is 0 Å². The molecule has 0 saturated heterocycles. The van der Waals surface area contributed by atoms with Crippen LogP contribution in [-0.2, 0) is 10.0 Å². The van der Waals surface area contributed by atoms with Crippen molar-refractivity contribution in [3.8, 4) is 5.69 Å². The molecular weight excluding hydrogens is 433 g/mol. The maximum atomic E-state index is 12.9. The van der Waals surface area contributed by atoms with E-state index in [0.29, 0.717) is 11.4 Å². The molecule has 3 rings (SSSR count). The number of aromatic nitrogens is 2. The molecule has 0 spiro atoms. The third-order valence-corrected chi connectivity index (χ3v) is 5.73. The molecule has 2 N–H and O–H groups in total. The zero-order valence-corrected chi connectivity index (χ0v) is 17.4. The van der Waals surface area contributed by atoms with Crippen LogP contribution in [0.5, 0.6) is 0 Å². The number of alkyl halides is 3. The number of amides is 1. The number of benzene rings is 2. The summed E-state index contributed by atoms with van der Waals surface area (Å²) in [6.45, 7) is 1.83. The van der Waals surface area contributed by atoms with Crippen LogP contribution in [0.2, 0.25) is 0 Å². The SMILES string of the molecule is Cc1nn(-c2ccccc2)c(C)c1NS(=O)(=O)c1cccc(C(=O)NCC(F)(F)F)c1. The van der Waals surface area contributed by atoms with Crippen molar-refractivity contribution in [1.82, 2.24) is 15.1 Å². The van der Waals surface area contributed by atoms with Crippen LogP contribution in [0, 0.1) is 13.8 Å². The molecular formula is C20H19F3N4O3S. The lowest BCUT2D eigenvalue weighted by molar-refractivity contribution is -0.123. The summed E-state index contributed by atoms with van der Waals surface area (Å²) >= 11 is 0. The van der Waals surface area contributed by atoms with E-state index in [1.54, 1.807) is 23.8 Å². The van der Waals surface area contributed by atoms with Gasteiger partial charge in [0.05, 0.1) is 27.7 Å². The molecule has 0 bridgehead atoms. The molecule has 0 saturated carbocycles. The second kappa shape index (κ2) is 8.42. The average Bonchev–Trinajstić information content (AvgIpc) is 3.00. The van der Waals surface area contributed by atoms with Crippen molar-refractivity contribution in [2.24, 2.45) is 0 Å². The molecule has 0 aliphatic carbocycles. The molecule has 0 radical (unpaired) electrons. The Morgan fingerprint density at radius 2 is 1.74 bits per heavy atom. The van der Waals surface area contributed by atoms with E-state index in [9.17, 15) is 26.4 Å². The smallest absolute Gasteiger partial charge is 0.343 e. The molecule has 0 atom stereocenters. The Balaban J connectivity index is 1.87. The number of carbonyl (C=O) groups excluding carboxylic acids is 1. The minimum atomic E-state index is -4.57. The normalized spacial score (nSPS) is 11.9. The highest BCUT2D eigenvalue weighted by Gasteiger charge is 2.28. The van der Waals surface area contributed by atoms with E-state index in [4.69, 9.17) is 0 Å². The second-order valence-corrected chi connectivity index (χ2v) is 8.41. The van der Waals surface area contributed by atoms with Gasteiger partial charge in [0.1, 0.15) is 6.54 Å². The molecule has 0 aliphatic rings. The van der Waals surface area contributed by atoms with Gasteiger partial charge < -0.3 is 5.32 Å². The highest BCUT2D eigenvalue weighted by Crippen LogP contribution is 2.26. The second-order valence-electron chi connectivity index (χ2n) is 6.72. The zero-order chi connectivity index (χ0) is 22.8. The molecule has 0 fully saturated rings. The van der Waals surface area contributed by atoms with E-state index < -0.39 is 28.7 Å². The molecule has 3 aromatic rings. The van der Waals surface area contributed by atoms with Crippen molar-refractivity contribution >= 4 is 21.6 Å². The van der Waals surface area contributed by atoms with Crippen LogP contribution in [0.25, 0.3) is 5.69 Å². The standard InChI is InChI=1S/C20H19F3N4O3S/c1-13-18(14(2)27(25-13)16-8-4-3-5-9-16)26-31(29,30)17-10-6-7-15(11-17)19(28)24-12-20(21,22)23/h3-11,26H,12H2,1-2H3,(H,24,28). The Morgan fingerprint density at radius 3 is 2.39 bits per heavy atom. The molecule has 0 aliphatic heterocycles. The van der Waals surface area contributed by atoms with Gasteiger partial charge in [0.25, 0.3) is 15.9 Å². The molecule has 11 heteroatoms. The Kier molecular flexibility index (Phi) is 6.07. The lowest BCUT2D eigenvalue weighted by atomic mass is 10.2. The van der Waals surface area contributed by atoms with E-state index >= 15 is 0 Å². The van der Waals surface area contributed by atoms with Gasteiger partial charge in [-0.25, -0.2) is 13.1 Å². The number of para-hydroxylation sites is 1. The number of sulfonamides is 1. The van der Waals surface area contributed by atoms with E-state index in [1.807, 2.05) is 30.3 Å². The first kappa shape index (κ1) is 22.3. The van der Waals surface area contributed by atoms with E-state index in [1.165, 1.54) is 18.2 Å². The number of aryl methyl sites for hydroxylation is 1. The summed E-state index contributed by atoms with van der Waals surface area (Å²) in [5.41, 5.74) is 1.79. The number of hydrogen-bond donors (Lipinski definition) is 2. The first-order chi connectivity index (χ1) is 14.5. The van der Waals surface area contributed by atoms with Crippen molar-refractivity contribution in [3.63, 3.8) is 0 Å². The van der Waals surface area contributed by atoms with Gasteiger partial charge in [-0.2, -0.15) is 18.3 Å². The van der Waals surface area contributed by atoms with E-state index in [-0.39, 0.29) is 16.1 Å². The molecule has 164 valence electrons. The fraction of sp³-hybridized carbons (Fsp3) is 0.200. The van der Waals surface area contributed by atoms with Gasteiger partial charge >= 0.3 is 6.18 Å². The van der Waals surface area contributed by atoms with Crippen molar-refractivity contribution < 1.29 is 26.4 Å². The van der Waals surface area contributed by atoms with Gasteiger partial charge in [-0.1, -0.05) is 24.3 Å². The molecule has 1 aromatic heterocycles. The molecule has 31 heavy (non-hydrogen) atoms. The number of carbonyl (C=O) groups is 1. The van der Waals surface area contributed by atoms with Crippen molar-refractivity contribution in [2.45, 2.75) is 24.9 Å². The average molecular weight is 452 g/mol. The van der Waals surface area contributed by atoms with Crippen LogP contribution >= 0.6 is 0 Å². The zero-order valence-electron chi connectivity index (χ0n) is 16.6. The van der Waals surface area contributed by atoms with Gasteiger partial charge in [0, 0.05) is 5.56 Å². The van der Waals surface area contributed by atoms with Crippen molar-refractivity contribution in [3.05, 3.63) is 71.5 Å². The predicted octanol–water partition coefficient (Wildman–Crippen LogP) is 3.58. The number of rotatable bonds is 6. The quantitative estimate of drug-likeness (QED) is 0.598. The highest BCUT2D eigenvalue weighted by molar-refractivity contribution is 7.92. The van der Waals surface area contributed by atoms with E-state index in [0.717, 1.165) is 11.8 Å². The molecule has 0 unspecified atom stereocenters. The Bertz CT molecular complexity index is 1210. The fourth-order valence-electron chi connectivity index (χ4n) is 2.89. The van der Waals surface area contributed by atoms with Gasteiger partial charge in [-0.05, 0) is 44.2 Å². The molecule has 2 aromatic carbocycles. The van der Waals surface area contributed by atoms with Crippen LogP contribution in [0.1, 0.15) is 21.7 Å². The van der Waals surface area contributed by atoms with Crippen molar-refractivity contribution in [1.29, 1.82) is 0 Å². The Hall–Kier alpha value is -3.34. The lowest BCUT2D eigenvalue weighted by Gasteiger charge is -2.11. The number of halogens is 3. The lowest BCUT2D eigenvalue weighted by Crippen LogP contribution is -2.33. The van der Waals surface area contributed by atoms with Gasteiger partial charge in [0.2, 0.25) is 0 Å². The summed E-state index contributed by atoms with van der Waals surface area (Å²) in [6, 6.07) is 13.9. The Labute approximate surface area is 176 Å². The first-order valence-corrected chi connectivity index (χ1v) is 10.6. The predicted molar refractivity (Wildman–Crippen MR) is 109 cm³/mol. The number of anilines is 1. The largest absolute Gasteiger partial charge is 0.405 e. The highest BCUT2D eigenvalue weighted by atomic mass is 32.2. The molecule has 1 heterocycles. The summed E-state index contributed by atoms with van der Waals surface area (Å²) in [6.07, 6.45) is -4.57. The van der Waals surface area contributed by atoms with Crippen LogP contribution in [-0.4, -0.2) is 36.8 Å². The minimum Gasteiger partial charge on any atom is -0.343 e. The number of nitrogens with zero attached hydrogens (tertiary/aromatic N) is 2. The summed E-state index contributed by atoms with van der Waals surface area (Å²) in [4.78, 5) is 11.7.